The zero-order valence-electron chi connectivity index (χ0n) is 12.4. The lowest BCUT2D eigenvalue weighted by atomic mass is 10.1. The van der Waals surface area contributed by atoms with E-state index in [-0.39, 0.29) is 11.7 Å². The van der Waals surface area contributed by atoms with Crippen LogP contribution in [-0.4, -0.2) is 42.7 Å². The van der Waals surface area contributed by atoms with Crippen molar-refractivity contribution >= 4 is 5.88 Å². The van der Waals surface area contributed by atoms with Gasteiger partial charge in [-0.05, 0) is 12.1 Å². The molecule has 1 atom stereocenters. The summed E-state index contributed by atoms with van der Waals surface area (Å²) in [5, 5.41) is 12.2. The molecule has 0 radical (unpaired) electrons. The molecule has 1 saturated heterocycles. The number of oxazole rings is 1. The second-order valence-electron chi connectivity index (χ2n) is 5.08. The Hall–Kier alpha value is -2.30. The predicted octanol–water partition coefficient (Wildman–Crippen LogP) is 1.93. The van der Waals surface area contributed by atoms with Crippen molar-refractivity contribution in [1.29, 1.82) is 5.26 Å². The number of hydrogen-bond acceptors (Lipinski definition) is 7. The van der Waals surface area contributed by atoms with Gasteiger partial charge in [-0.1, -0.05) is 0 Å². The van der Waals surface area contributed by atoms with Gasteiger partial charge < -0.3 is 18.9 Å². The van der Waals surface area contributed by atoms with Gasteiger partial charge in [0.25, 0.3) is 0 Å². The van der Waals surface area contributed by atoms with Crippen LogP contribution in [0.15, 0.2) is 27.2 Å². The monoisotopic (exact) mass is 302 g/mol. The van der Waals surface area contributed by atoms with E-state index in [9.17, 15) is 0 Å². The number of nitrogens with one attached hydrogen (secondary N) is 1. The van der Waals surface area contributed by atoms with Crippen molar-refractivity contribution in [3.05, 3.63) is 35.7 Å². The lowest BCUT2D eigenvalue weighted by Gasteiger charge is -2.33. The van der Waals surface area contributed by atoms with E-state index in [1.807, 2.05) is 18.2 Å². The van der Waals surface area contributed by atoms with E-state index < -0.39 is 0 Å². The van der Waals surface area contributed by atoms with Crippen molar-refractivity contribution in [1.82, 2.24) is 9.88 Å². The molecule has 0 saturated carbocycles. The number of aryl methyl sites for hydroxylation is 1. The molecule has 1 aliphatic heterocycles. The van der Waals surface area contributed by atoms with Crippen molar-refractivity contribution < 1.29 is 13.6 Å². The van der Waals surface area contributed by atoms with Crippen LogP contribution in [0.3, 0.4) is 0 Å². The summed E-state index contributed by atoms with van der Waals surface area (Å²) in [4.78, 5) is 6.33. The SMILES string of the molecule is Cc1nc(C#N)c(NC[C@@H](c2ccco2)N2CCOCC2)o1. The Morgan fingerprint density at radius 3 is 2.95 bits per heavy atom. The number of aromatic nitrogens is 1. The van der Waals surface area contributed by atoms with Gasteiger partial charge in [-0.3, -0.25) is 4.90 Å². The van der Waals surface area contributed by atoms with E-state index in [4.69, 9.17) is 18.8 Å². The number of furan rings is 1. The second kappa shape index (κ2) is 6.64. The summed E-state index contributed by atoms with van der Waals surface area (Å²) < 4.78 is 16.4. The van der Waals surface area contributed by atoms with Gasteiger partial charge in [0.1, 0.15) is 11.8 Å². The van der Waals surface area contributed by atoms with Crippen LogP contribution in [0.5, 0.6) is 0 Å². The molecule has 0 aromatic carbocycles. The minimum Gasteiger partial charge on any atom is -0.468 e. The molecule has 1 aliphatic rings. The highest BCUT2D eigenvalue weighted by Crippen LogP contribution is 2.24. The van der Waals surface area contributed by atoms with Crippen molar-refractivity contribution in [3.8, 4) is 6.07 Å². The first-order chi connectivity index (χ1) is 10.8. The van der Waals surface area contributed by atoms with Crippen LogP contribution >= 0.6 is 0 Å². The van der Waals surface area contributed by atoms with E-state index >= 15 is 0 Å². The van der Waals surface area contributed by atoms with E-state index in [0.29, 0.717) is 31.5 Å². The number of nitriles is 1. The Kier molecular flexibility index (Phi) is 4.42. The molecule has 7 nitrogen and oxygen atoms in total. The largest absolute Gasteiger partial charge is 0.468 e. The number of morpholine rings is 1. The molecule has 0 unspecified atom stereocenters. The quantitative estimate of drug-likeness (QED) is 0.902. The van der Waals surface area contributed by atoms with Gasteiger partial charge in [0.2, 0.25) is 11.6 Å². The van der Waals surface area contributed by atoms with E-state index in [1.54, 1.807) is 13.2 Å². The highest BCUT2D eigenvalue weighted by Gasteiger charge is 2.25. The predicted molar refractivity (Wildman–Crippen MR) is 78.3 cm³/mol. The fourth-order valence-corrected chi connectivity index (χ4v) is 2.59. The first kappa shape index (κ1) is 14.6. The summed E-state index contributed by atoms with van der Waals surface area (Å²) in [7, 11) is 0. The maximum absolute atomic E-state index is 9.07. The average Bonchev–Trinajstić information content (AvgIpc) is 3.18. The molecule has 7 heteroatoms. The average molecular weight is 302 g/mol. The van der Waals surface area contributed by atoms with Crippen LogP contribution < -0.4 is 5.32 Å². The molecule has 3 rings (SSSR count). The van der Waals surface area contributed by atoms with Crippen LogP contribution in [0.1, 0.15) is 23.4 Å². The molecule has 0 spiro atoms. The Balaban J connectivity index is 1.74. The third kappa shape index (κ3) is 3.13. The van der Waals surface area contributed by atoms with Gasteiger partial charge in [0.05, 0.1) is 25.5 Å². The van der Waals surface area contributed by atoms with Gasteiger partial charge >= 0.3 is 0 Å². The minimum atomic E-state index is 0.0517. The van der Waals surface area contributed by atoms with Crippen molar-refractivity contribution in [2.24, 2.45) is 0 Å². The number of anilines is 1. The number of nitrogens with zero attached hydrogens (tertiary/aromatic N) is 3. The van der Waals surface area contributed by atoms with Crippen molar-refractivity contribution in [2.75, 3.05) is 38.2 Å². The number of hydrogen-bond donors (Lipinski definition) is 1. The first-order valence-electron chi connectivity index (χ1n) is 7.24. The Morgan fingerprint density at radius 1 is 1.45 bits per heavy atom. The summed E-state index contributed by atoms with van der Waals surface area (Å²) >= 11 is 0. The van der Waals surface area contributed by atoms with Gasteiger partial charge in [0.15, 0.2) is 5.89 Å². The normalized spacial score (nSPS) is 17.1. The Labute approximate surface area is 128 Å². The zero-order chi connectivity index (χ0) is 15.4. The molecule has 2 aromatic rings. The standard InChI is InChI=1S/C15H18N4O3/c1-11-18-12(9-16)15(22-11)17-10-13(14-3-2-6-21-14)19-4-7-20-8-5-19/h2-3,6,13,17H,4-5,7-8,10H2,1H3/t13-/m0/s1. The lowest BCUT2D eigenvalue weighted by Crippen LogP contribution is -2.41. The van der Waals surface area contributed by atoms with Crippen molar-refractivity contribution in [3.63, 3.8) is 0 Å². The van der Waals surface area contributed by atoms with Crippen molar-refractivity contribution in [2.45, 2.75) is 13.0 Å². The van der Waals surface area contributed by atoms with Crippen LogP contribution in [0.2, 0.25) is 0 Å². The second-order valence-corrected chi connectivity index (χ2v) is 5.08. The molecular weight excluding hydrogens is 284 g/mol. The summed E-state index contributed by atoms with van der Waals surface area (Å²) in [5.41, 5.74) is 0.276. The molecule has 0 bridgehead atoms. The molecule has 1 N–H and O–H groups in total. The van der Waals surface area contributed by atoms with Crippen LogP contribution in [0, 0.1) is 18.3 Å². The Bertz CT molecular complexity index is 638. The fraction of sp³-hybridized carbons (Fsp3) is 0.467. The summed E-state index contributed by atoms with van der Waals surface area (Å²) in [6.07, 6.45) is 1.67. The highest BCUT2D eigenvalue weighted by molar-refractivity contribution is 5.45. The van der Waals surface area contributed by atoms with E-state index in [1.165, 1.54) is 0 Å². The van der Waals surface area contributed by atoms with Gasteiger partial charge in [0, 0.05) is 26.6 Å². The van der Waals surface area contributed by atoms with E-state index in [2.05, 4.69) is 15.2 Å². The van der Waals surface area contributed by atoms with Gasteiger partial charge in [-0.15, -0.1) is 0 Å². The van der Waals surface area contributed by atoms with Gasteiger partial charge in [-0.2, -0.15) is 5.26 Å². The molecule has 1 fully saturated rings. The molecule has 0 aliphatic carbocycles. The minimum absolute atomic E-state index is 0.0517. The van der Waals surface area contributed by atoms with Gasteiger partial charge in [-0.25, -0.2) is 4.98 Å². The molecule has 22 heavy (non-hydrogen) atoms. The molecule has 116 valence electrons. The number of rotatable bonds is 5. The summed E-state index contributed by atoms with van der Waals surface area (Å²) in [6, 6.07) is 5.92. The first-order valence-corrected chi connectivity index (χ1v) is 7.24. The number of ether oxygens (including phenoxy) is 1. The maximum atomic E-state index is 9.07. The zero-order valence-corrected chi connectivity index (χ0v) is 12.4. The molecular formula is C15H18N4O3. The third-order valence-electron chi connectivity index (χ3n) is 3.65. The van der Waals surface area contributed by atoms with Crippen LogP contribution in [0.25, 0.3) is 0 Å². The summed E-state index contributed by atoms with van der Waals surface area (Å²) in [6.45, 7) is 5.39. The Morgan fingerprint density at radius 2 is 2.27 bits per heavy atom. The maximum Gasteiger partial charge on any atom is 0.232 e. The topological polar surface area (TPSA) is 87.5 Å². The molecule has 0 amide bonds. The smallest absolute Gasteiger partial charge is 0.232 e. The molecule has 3 heterocycles. The third-order valence-corrected chi connectivity index (χ3v) is 3.65. The van der Waals surface area contributed by atoms with E-state index in [0.717, 1.165) is 18.8 Å². The lowest BCUT2D eigenvalue weighted by molar-refractivity contribution is 0.0144. The van der Waals surface area contributed by atoms with Crippen LogP contribution in [-0.2, 0) is 4.74 Å². The molecule has 2 aromatic heterocycles. The summed E-state index contributed by atoms with van der Waals surface area (Å²) in [5.74, 6) is 1.76. The highest BCUT2D eigenvalue weighted by atomic mass is 16.5. The fourth-order valence-electron chi connectivity index (χ4n) is 2.59. The van der Waals surface area contributed by atoms with Crippen LogP contribution in [0.4, 0.5) is 5.88 Å².